The molecule has 0 N–H and O–H groups in total. The summed E-state index contributed by atoms with van der Waals surface area (Å²) < 4.78 is 26.4. The zero-order valence-corrected chi connectivity index (χ0v) is 11.4. The van der Waals surface area contributed by atoms with Crippen LogP contribution in [-0.4, -0.2) is 68.7 Å². The SMILES string of the molecule is CC(C#N)CN1CCN(S(=O)(=O)N(C)C)CC1. The third kappa shape index (κ3) is 3.64. The predicted octanol–water partition coefficient (Wildman–Crippen LogP) is -0.430. The smallest absolute Gasteiger partial charge is 0.281 e. The molecule has 0 aromatic rings. The summed E-state index contributed by atoms with van der Waals surface area (Å²) in [5.41, 5.74) is 0. The minimum Gasteiger partial charge on any atom is -0.299 e. The van der Waals surface area contributed by atoms with E-state index in [-0.39, 0.29) is 5.92 Å². The van der Waals surface area contributed by atoms with E-state index in [2.05, 4.69) is 11.0 Å². The summed E-state index contributed by atoms with van der Waals surface area (Å²) in [6.07, 6.45) is 0. The Kier molecular flexibility index (Phi) is 4.89. The Morgan fingerprint density at radius 2 is 1.82 bits per heavy atom. The van der Waals surface area contributed by atoms with Crippen LogP contribution in [0, 0.1) is 17.2 Å². The minimum absolute atomic E-state index is 0.00740. The normalized spacial score (nSPS) is 21.4. The van der Waals surface area contributed by atoms with Crippen LogP contribution in [0.1, 0.15) is 6.92 Å². The molecule has 1 heterocycles. The van der Waals surface area contributed by atoms with E-state index in [1.807, 2.05) is 6.92 Å². The van der Waals surface area contributed by atoms with Crippen molar-refractivity contribution in [1.29, 1.82) is 5.26 Å². The van der Waals surface area contributed by atoms with Gasteiger partial charge in [-0.25, -0.2) is 0 Å². The first kappa shape index (κ1) is 14.4. The van der Waals surface area contributed by atoms with Crippen molar-refractivity contribution in [2.45, 2.75) is 6.92 Å². The molecule has 0 aromatic carbocycles. The Bertz CT molecular complexity index is 380. The third-order valence-electron chi connectivity index (χ3n) is 2.87. The Hall–Kier alpha value is -0.680. The fourth-order valence-corrected chi connectivity index (χ4v) is 2.89. The number of nitriles is 1. The van der Waals surface area contributed by atoms with Crippen LogP contribution in [0.3, 0.4) is 0 Å². The molecule has 0 aromatic heterocycles. The quantitative estimate of drug-likeness (QED) is 0.688. The van der Waals surface area contributed by atoms with Gasteiger partial charge in [0.1, 0.15) is 0 Å². The molecule has 98 valence electrons. The molecule has 17 heavy (non-hydrogen) atoms. The fourth-order valence-electron chi connectivity index (χ4n) is 1.80. The average Bonchev–Trinajstić information content (AvgIpc) is 2.29. The van der Waals surface area contributed by atoms with Gasteiger partial charge in [0.05, 0.1) is 12.0 Å². The van der Waals surface area contributed by atoms with Gasteiger partial charge in [-0.05, 0) is 6.92 Å². The van der Waals surface area contributed by atoms with Crippen molar-refractivity contribution in [2.75, 3.05) is 46.8 Å². The lowest BCUT2D eigenvalue weighted by Gasteiger charge is -2.35. The maximum absolute atomic E-state index is 11.9. The Morgan fingerprint density at radius 3 is 2.24 bits per heavy atom. The summed E-state index contributed by atoms with van der Waals surface area (Å²) in [4.78, 5) is 2.13. The first-order chi connectivity index (χ1) is 7.87. The van der Waals surface area contributed by atoms with E-state index in [4.69, 9.17) is 5.26 Å². The van der Waals surface area contributed by atoms with Gasteiger partial charge in [0.15, 0.2) is 0 Å². The highest BCUT2D eigenvalue weighted by molar-refractivity contribution is 7.86. The molecule has 0 radical (unpaired) electrons. The number of piperazine rings is 1. The standard InChI is InChI=1S/C10H20N4O2S/c1-10(8-11)9-13-4-6-14(7-5-13)17(15,16)12(2)3/h10H,4-7,9H2,1-3H3. The molecule has 1 rings (SSSR count). The molecule has 1 fully saturated rings. The summed E-state index contributed by atoms with van der Waals surface area (Å²) >= 11 is 0. The molecule has 0 saturated carbocycles. The maximum Gasteiger partial charge on any atom is 0.281 e. The van der Waals surface area contributed by atoms with Gasteiger partial charge in [-0.1, -0.05) is 0 Å². The lowest BCUT2D eigenvalue weighted by Crippen LogP contribution is -2.52. The molecule has 1 saturated heterocycles. The van der Waals surface area contributed by atoms with Crippen molar-refractivity contribution in [3.63, 3.8) is 0 Å². The topological polar surface area (TPSA) is 67.6 Å². The largest absolute Gasteiger partial charge is 0.299 e. The van der Waals surface area contributed by atoms with Gasteiger partial charge < -0.3 is 0 Å². The molecule has 0 aliphatic carbocycles. The van der Waals surface area contributed by atoms with Gasteiger partial charge in [-0.15, -0.1) is 0 Å². The highest BCUT2D eigenvalue weighted by atomic mass is 32.2. The third-order valence-corrected chi connectivity index (χ3v) is 4.81. The van der Waals surface area contributed by atoms with Crippen LogP contribution in [0.2, 0.25) is 0 Å². The van der Waals surface area contributed by atoms with Gasteiger partial charge in [0, 0.05) is 46.8 Å². The van der Waals surface area contributed by atoms with Crippen molar-refractivity contribution in [2.24, 2.45) is 5.92 Å². The lowest BCUT2D eigenvalue weighted by molar-refractivity contribution is 0.174. The molecule has 1 atom stereocenters. The minimum atomic E-state index is -3.28. The molecule has 6 nitrogen and oxygen atoms in total. The first-order valence-electron chi connectivity index (χ1n) is 5.67. The lowest BCUT2D eigenvalue weighted by atomic mass is 10.2. The highest BCUT2D eigenvalue weighted by Crippen LogP contribution is 2.10. The van der Waals surface area contributed by atoms with Crippen LogP contribution in [0.4, 0.5) is 0 Å². The fraction of sp³-hybridized carbons (Fsp3) is 0.900. The van der Waals surface area contributed by atoms with E-state index in [9.17, 15) is 8.42 Å². The van der Waals surface area contributed by atoms with E-state index in [1.54, 1.807) is 14.1 Å². The molecule has 0 bridgehead atoms. The number of nitrogens with zero attached hydrogens (tertiary/aromatic N) is 4. The number of rotatable bonds is 4. The summed E-state index contributed by atoms with van der Waals surface area (Å²) in [7, 11) is -0.200. The van der Waals surface area contributed by atoms with E-state index in [0.29, 0.717) is 32.7 Å². The summed E-state index contributed by atoms with van der Waals surface area (Å²) in [6.45, 7) is 4.98. The van der Waals surface area contributed by atoms with E-state index in [0.717, 1.165) is 0 Å². The molecular weight excluding hydrogens is 240 g/mol. The summed E-state index contributed by atoms with van der Waals surface area (Å²) in [5, 5.41) is 8.73. The molecule has 7 heteroatoms. The van der Waals surface area contributed by atoms with E-state index < -0.39 is 10.2 Å². The zero-order chi connectivity index (χ0) is 13.1. The second-order valence-corrected chi connectivity index (χ2v) is 6.66. The van der Waals surface area contributed by atoms with Crippen molar-refractivity contribution in [3.8, 4) is 6.07 Å². The molecule has 0 spiro atoms. The van der Waals surface area contributed by atoms with Gasteiger partial charge >= 0.3 is 0 Å². The average molecular weight is 260 g/mol. The second kappa shape index (κ2) is 5.78. The van der Waals surface area contributed by atoms with E-state index in [1.165, 1.54) is 8.61 Å². The summed E-state index contributed by atoms with van der Waals surface area (Å²) in [5.74, 6) is -0.00740. The molecule has 0 amide bonds. The van der Waals surface area contributed by atoms with Crippen LogP contribution in [-0.2, 0) is 10.2 Å². The second-order valence-electron chi connectivity index (χ2n) is 4.52. The van der Waals surface area contributed by atoms with Gasteiger partial charge in [0.2, 0.25) is 0 Å². The van der Waals surface area contributed by atoms with Crippen LogP contribution >= 0.6 is 0 Å². The molecular formula is C10H20N4O2S. The molecule has 1 aliphatic rings. The summed E-state index contributed by atoms with van der Waals surface area (Å²) in [6, 6.07) is 2.19. The van der Waals surface area contributed by atoms with Crippen LogP contribution in [0.5, 0.6) is 0 Å². The molecule has 1 aliphatic heterocycles. The Balaban J connectivity index is 2.50. The van der Waals surface area contributed by atoms with Crippen LogP contribution < -0.4 is 0 Å². The van der Waals surface area contributed by atoms with Gasteiger partial charge in [-0.3, -0.25) is 4.90 Å². The Labute approximate surface area is 104 Å². The molecule has 1 unspecified atom stereocenters. The van der Waals surface area contributed by atoms with Crippen molar-refractivity contribution < 1.29 is 8.42 Å². The van der Waals surface area contributed by atoms with Crippen LogP contribution in [0.15, 0.2) is 0 Å². The predicted molar refractivity (Wildman–Crippen MR) is 65.4 cm³/mol. The zero-order valence-electron chi connectivity index (χ0n) is 10.6. The maximum atomic E-state index is 11.9. The number of hydrogen-bond acceptors (Lipinski definition) is 4. The monoisotopic (exact) mass is 260 g/mol. The number of hydrogen-bond donors (Lipinski definition) is 0. The highest BCUT2D eigenvalue weighted by Gasteiger charge is 2.28. The Morgan fingerprint density at radius 1 is 1.29 bits per heavy atom. The van der Waals surface area contributed by atoms with Gasteiger partial charge in [0.25, 0.3) is 10.2 Å². The first-order valence-corrected chi connectivity index (χ1v) is 7.07. The van der Waals surface area contributed by atoms with Gasteiger partial charge in [-0.2, -0.15) is 22.3 Å². The van der Waals surface area contributed by atoms with Crippen molar-refractivity contribution in [3.05, 3.63) is 0 Å². The van der Waals surface area contributed by atoms with E-state index >= 15 is 0 Å². The van der Waals surface area contributed by atoms with Crippen molar-refractivity contribution >= 4 is 10.2 Å². The van der Waals surface area contributed by atoms with Crippen LogP contribution in [0.25, 0.3) is 0 Å². The van der Waals surface area contributed by atoms with Crippen molar-refractivity contribution in [1.82, 2.24) is 13.5 Å².